The van der Waals surface area contributed by atoms with Crippen LogP contribution in [-0.4, -0.2) is 16.0 Å². The van der Waals surface area contributed by atoms with Gasteiger partial charge in [0.15, 0.2) is 0 Å². The van der Waals surface area contributed by atoms with Gasteiger partial charge in [0.05, 0.1) is 11.9 Å². The van der Waals surface area contributed by atoms with Gasteiger partial charge in [-0.2, -0.15) is 0 Å². The summed E-state index contributed by atoms with van der Waals surface area (Å²) in [4.78, 5) is 8.68. The Labute approximate surface area is 112 Å². The van der Waals surface area contributed by atoms with Gasteiger partial charge in [0.25, 0.3) is 0 Å². The molecule has 0 unspecified atom stereocenters. The Balaban J connectivity index is 1.66. The molecule has 2 heterocycles. The van der Waals surface area contributed by atoms with Crippen LogP contribution in [0.25, 0.3) is 0 Å². The van der Waals surface area contributed by atoms with Crippen LogP contribution in [0.2, 0.25) is 0 Å². The van der Waals surface area contributed by atoms with Crippen molar-refractivity contribution in [1.82, 2.24) is 15.3 Å². The zero-order valence-corrected chi connectivity index (χ0v) is 11.0. The van der Waals surface area contributed by atoms with E-state index in [9.17, 15) is 0 Å². The molecule has 4 heteroatoms. The topological polar surface area (TPSA) is 47.0 Å². The molecule has 0 aliphatic heterocycles. The van der Waals surface area contributed by atoms with Gasteiger partial charge in [-0.15, -0.1) is 0 Å². The van der Waals surface area contributed by atoms with Crippen molar-refractivity contribution in [2.75, 3.05) is 0 Å². The monoisotopic (exact) mass is 255 g/mol. The molecule has 2 aromatic rings. The minimum absolute atomic E-state index is 0.612. The first-order chi connectivity index (χ1) is 9.29. The van der Waals surface area contributed by atoms with E-state index in [0.717, 1.165) is 17.9 Å². The van der Waals surface area contributed by atoms with Crippen molar-refractivity contribution in [1.29, 1.82) is 0 Å². The fourth-order valence-corrected chi connectivity index (χ4v) is 1.78. The van der Waals surface area contributed by atoms with Crippen molar-refractivity contribution in [2.45, 2.75) is 32.4 Å². The molecule has 0 bridgehead atoms. The van der Waals surface area contributed by atoms with Crippen LogP contribution in [0.1, 0.15) is 24.2 Å². The number of hydrogen-bond donors (Lipinski definition) is 1. The minimum Gasteiger partial charge on any atom is -0.437 e. The van der Waals surface area contributed by atoms with Crippen LogP contribution >= 0.6 is 0 Å². The summed E-state index contributed by atoms with van der Waals surface area (Å²) < 4.78 is 5.70. The van der Waals surface area contributed by atoms with Gasteiger partial charge in [-0.05, 0) is 38.0 Å². The summed E-state index contributed by atoms with van der Waals surface area (Å²) in [5.41, 5.74) is 1.98. The first-order valence-corrected chi connectivity index (χ1v) is 6.59. The summed E-state index contributed by atoms with van der Waals surface area (Å²) in [7, 11) is 0. The van der Waals surface area contributed by atoms with Crippen molar-refractivity contribution in [3.63, 3.8) is 0 Å². The molecular weight excluding hydrogens is 238 g/mol. The van der Waals surface area contributed by atoms with Crippen molar-refractivity contribution in [3.8, 4) is 11.6 Å². The van der Waals surface area contributed by atoms with E-state index in [1.807, 2.05) is 37.3 Å². The molecule has 1 aliphatic carbocycles. The Morgan fingerprint density at radius 3 is 2.89 bits per heavy atom. The zero-order chi connectivity index (χ0) is 13.1. The highest BCUT2D eigenvalue weighted by Crippen LogP contribution is 2.21. The predicted molar refractivity (Wildman–Crippen MR) is 73.1 cm³/mol. The molecule has 0 spiro atoms. The Morgan fingerprint density at radius 2 is 2.16 bits per heavy atom. The van der Waals surface area contributed by atoms with Crippen molar-refractivity contribution in [2.24, 2.45) is 0 Å². The Hall–Kier alpha value is -1.94. The first kappa shape index (κ1) is 12.1. The van der Waals surface area contributed by atoms with Crippen molar-refractivity contribution in [3.05, 3.63) is 47.9 Å². The molecule has 0 radical (unpaired) electrons. The molecule has 0 aromatic carbocycles. The van der Waals surface area contributed by atoms with Gasteiger partial charge in [-0.25, -0.2) is 4.98 Å². The summed E-state index contributed by atoms with van der Waals surface area (Å²) in [6, 6.07) is 10.4. The summed E-state index contributed by atoms with van der Waals surface area (Å²) in [6.07, 6.45) is 4.28. The van der Waals surface area contributed by atoms with Crippen LogP contribution in [0.4, 0.5) is 0 Å². The molecular formula is C15H17N3O. The molecule has 1 N–H and O–H groups in total. The maximum Gasteiger partial charge on any atom is 0.219 e. The molecule has 3 rings (SSSR count). The molecule has 1 aliphatic rings. The predicted octanol–water partition coefficient (Wildman–Crippen LogP) is 2.83. The largest absolute Gasteiger partial charge is 0.437 e. The van der Waals surface area contributed by atoms with Crippen molar-refractivity contribution < 1.29 is 4.74 Å². The third-order valence-electron chi connectivity index (χ3n) is 3.04. The maximum atomic E-state index is 5.70. The van der Waals surface area contributed by atoms with Crippen LogP contribution in [0, 0.1) is 6.92 Å². The fourth-order valence-electron chi connectivity index (χ4n) is 1.78. The van der Waals surface area contributed by atoms with Crippen LogP contribution in [-0.2, 0) is 6.54 Å². The lowest BCUT2D eigenvalue weighted by atomic mass is 10.3. The number of pyridine rings is 2. The van der Waals surface area contributed by atoms with Gasteiger partial charge >= 0.3 is 0 Å². The van der Waals surface area contributed by atoms with E-state index in [4.69, 9.17) is 4.74 Å². The third-order valence-corrected chi connectivity index (χ3v) is 3.04. The molecule has 0 saturated heterocycles. The summed E-state index contributed by atoms with van der Waals surface area (Å²) in [5, 5.41) is 3.44. The number of nitrogens with zero attached hydrogens (tertiary/aromatic N) is 2. The van der Waals surface area contributed by atoms with Gasteiger partial charge < -0.3 is 10.1 Å². The number of hydrogen-bond acceptors (Lipinski definition) is 4. The van der Waals surface area contributed by atoms with Gasteiger partial charge in [-0.3, -0.25) is 4.98 Å². The quantitative estimate of drug-likeness (QED) is 0.892. The van der Waals surface area contributed by atoms with Crippen LogP contribution in [0.5, 0.6) is 11.6 Å². The average Bonchev–Trinajstić information content (AvgIpc) is 3.24. The molecule has 19 heavy (non-hydrogen) atoms. The Bertz CT molecular complexity index is 550. The molecule has 2 aromatic heterocycles. The van der Waals surface area contributed by atoms with E-state index >= 15 is 0 Å². The van der Waals surface area contributed by atoms with E-state index in [1.165, 1.54) is 12.8 Å². The average molecular weight is 255 g/mol. The summed E-state index contributed by atoms with van der Waals surface area (Å²) in [5.74, 6) is 1.33. The SMILES string of the molecule is Cc1ccc(Oc2cccc(CNC3CC3)n2)cn1. The lowest BCUT2D eigenvalue weighted by molar-refractivity contribution is 0.457. The smallest absolute Gasteiger partial charge is 0.219 e. The van der Waals surface area contributed by atoms with Crippen molar-refractivity contribution >= 4 is 0 Å². The molecule has 1 fully saturated rings. The molecule has 1 saturated carbocycles. The minimum atomic E-state index is 0.612. The Morgan fingerprint density at radius 1 is 1.26 bits per heavy atom. The van der Waals surface area contributed by atoms with Gasteiger partial charge in [0.1, 0.15) is 5.75 Å². The highest BCUT2D eigenvalue weighted by molar-refractivity contribution is 5.26. The van der Waals surface area contributed by atoms with Crippen LogP contribution < -0.4 is 10.1 Å². The molecule has 0 atom stereocenters. The summed E-state index contributed by atoms with van der Waals surface area (Å²) in [6.45, 7) is 2.75. The van der Waals surface area contributed by atoms with Crippen LogP contribution in [0.15, 0.2) is 36.5 Å². The summed E-state index contributed by atoms with van der Waals surface area (Å²) >= 11 is 0. The molecule has 0 amide bonds. The van der Waals surface area contributed by atoms with E-state index < -0.39 is 0 Å². The standard InChI is InChI=1S/C15H17N3O/c1-11-5-8-14(10-16-11)19-15-4-2-3-13(18-15)9-17-12-6-7-12/h2-5,8,10,12,17H,6-7,9H2,1H3. The molecule has 4 nitrogen and oxygen atoms in total. The Kier molecular flexibility index (Phi) is 3.42. The van der Waals surface area contributed by atoms with Crippen LogP contribution in [0.3, 0.4) is 0 Å². The highest BCUT2D eigenvalue weighted by Gasteiger charge is 2.20. The lowest BCUT2D eigenvalue weighted by Gasteiger charge is -2.07. The number of ether oxygens (including phenoxy) is 1. The van der Waals surface area contributed by atoms with E-state index in [0.29, 0.717) is 17.7 Å². The van der Waals surface area contributed by atoms with E-state index in [1.54, 1.807) is 6.20 Å². The van der Waals surface area contributed by atoms with E-state index in [-0.39, 0.29) is 0 Å². The second kappa shape index (κ2) is 5.36. The second-order valence-corrected chi connectivity index (χ2v) is 4.86. The van der Waals surface area contributed by atoms with E-state index in [2.05, 4.69) is 15.3 Å². The zero-order valence-electron chi connectivity index (χ0n) is 11.0. The number of aryl methyl sites for hydroxylation is 1. The lowest BCUT2D eigenvalue weighted by Crippen LogP contribution is -2.16. The number of aromatic nitrogens is 2. The second-order valence-electron chi connectivity index (χ2n) is 4.86. The highest BCUT2D eigenvalue weighted by atomic mass is 16.5. The molecule has 98 valence electrons. The van der Waals surface area contributed by atoms with Gasteiger partial charge in [0.2, 0.25) is 5.88 Å². The third kappa shape index (κ3) is 3.51. The number of rotatable bonds is 5. The number of nitrogens with one attached hydrogen (secondary N) is 1. The normalized spacial score (nSPS) is 14.4. The van der Waals surface area contributed by atoms with Gasteiger partial charge in [0, 0.05) is 24.3 Å². The maximum absolute atomic E-state index is 5.70. The fraction of sp³-hybridized carbons (Fsp3) is 0.333. The van der Waals surface area contributed by atoms with Gasteiger partial charge in [-0.1, -0.05) is 6.07 Å². The first-order valence-electron chi connectivity index (χ1n) is 6.59.